The van der Waals surface area contributed by atoms with E-state index in [4.69, 9.17) is 23.8 Å². The van der Waals surface area contributed by atoms with Crippen LogP contribution in [0, 0.1) is 4.77 Å². The number of hydrogen-bond acceptors (Lipinski definition) is 3. The molecule has 1 unspecified atom stereocenters. The summed E-state index contributed by atoms with van der Waals surface area (Å²) in [7, 11) is 0. The number of pyridine rings is 1. The van der Waals surface area contributed by atoms with Crippen LogP contribution >= 0.6 is 35.6 Å². The topological polar surface area (TPSA) is 33.6 Å². The zero-order valence-electron chi connectivity index (χ0n) is 9.86. The van der Waals surface area contributed by atoms with Gasteiger partial charge in [0.1, 0.15) is 0 Å². The Morgan fingerprint density at radius 2 is 2.44 bits per heavy atom. The van der Waals surface area contributed by atoms with E-state index in [1.165, 1.54) is 25.0 Å². The van der Waals surface area contributed by atoms with Crippen LogP contribution in [0.5, 0.6) is 0 Å². The molecule has 0 radical (unpaired) electrons. The van der Waals surface area contributed by atoms with Crippen molar-refractivity contribution >= 4 is 46.7 Å². The van der Waals surface area contributed by atoms with Crippen molar-refractivity contribution in [2.75, 3.05) is 5.75 Å². The van der Waals surface area contributed by atoms with Gasteiger partial charge in [-0.05, 0) is 36.9 Å². The molecule has 1 fully saturated rings. The first-order chi connectivity index (χ1) is 8.74. The normalized spacial score (nSPS) is 20.4. The second kappa shape index (κ2) is 5.23. The van der Waals surface area contributed by atoms with Crippen molar-refractivity contribution in [2.24, 2.45) is 0 Å². The molecule has 0 aromatic carbocycles. The number of hydrogen-bond donors (Lipinski definition) is 1. The van der Waals surface area contributed by atoms with Gasteiger partial charge in [0.25, 0.3) is 0 Å². The molecule has 3 heterocycles. The highest BCUT2D eigenvalue weighted by atomic mass is 35.5. The van der Waals surface area contributed by atoms with Crippen molar-refractivity contribution in [1.29, 1.82) is 0 Å². The second-order valence-corrected chi connectivity index (χ2v) is 6.79. The molecular formula is C12H14ClN3S2. The smallest absolute Gasteiger partial charge is 0.179 e. The number of halogens is 1. The first kappa shape index (κ1) is 12.5. The average Bonchev–Trinajstić information content (AvgIpc) is 2.66. The number of imidazole rings is 1. The van der Waals surface area contributed by atoms with Crippen LogP contribution in [-0.4, -0.2) is 25.5 Å². The SMILES string of the molecule is S=c1[nH]c2cc(Cl)cnc2n1CC1CCCCS1. The summed E-state index contributed by atoms with van der Waals surface area (Å²) in [6.45, 7) is 0.943. The van der Waals surface area contributed by atoms with Crippen LogP contribution in [0.25, 0.3) is 11.2 Å². The lowest BCUT2D eigenvalue weighted by molar-refractivity contribution is 0.586. The van der Waals surface area contributed by atoms with E-state index in [1.807, 2.05) is 17.8 Å². The number of rotatable bonds is 2. The number of nitrogens with one attached hydrogen (secondary N) is 1. The summed E-state index contributed by atoms with van der Waals surface area (Å²) in [6, 6.07) is 1.88. The summed E-state index contributed by atoms with van der Waals surface area (Å²) in [5.41, 5.74) is 1.84. The number of fused-ring (bicyclic) bond motifs is 1. The van der Waals surface area contributed by atoms with Gasteiger partial charge in [0.05, 0.1) is 10.5 Å². The number of aromatic amines is 1. The molecule has 3 rings (SSSR count). The lowest BCUT2D eigenvalue weighted by Crippen LogP contribution is -2.17. The van der Waals surface area contributed by atoms with Crippen LogP contribution < -0.4 is 0 Å². The molecule has 2 aromatic heterocycles. The molecule has 1 saturated heterocycles. The summed E-state index contributed by atoms with van der Waals surface area (Å²) >= 11 is 13.4. The van der Waals surface area contributed by atoms with E-state index in [0.29, 0.717) is 10.3 Å². The van der Waals surface area contributed by atoms with Gasteiger partial charge in [-0.3, -0.25) is 0 Å². The highest BCUT2D eigenvalue weighted by Crippen LogP contribution is 2.27. The van der Waals surface area contributed by atoms with Crippen molar-refractivity contribution < 1.29 is 0 Å². The fourth-order valence-electron chi connectivity index (χ4n) is 2.34. The molecule has 1 atom stereocenters. The molecule has 0 bridgehead atoms. The largest absolute Gasteiger partial charge is 0.329 e. The minimum absolute atomic E-state index is 0.637. The lowest BCUT2D eigenvalue weighted by atomic mass is 10.2. The molecule has 1 aliphatic rings. The van der Waals surface area contributed by atoms with E-state index in [9.17, 15) is 0 Å². The summed E-state index contributed by atoms with van der Waals surface area (Å²) in [6.07, 6.45) is 5.62. The molecule has 1 N–H and O–H groups in total. The highest BCUT2D eigenvalue weighted by Gasteiger charge is 2.16. The van der Waals surface area contributed by atoms with Crippen molar-refractivity contribution in [3.8, 4) is 0 Å². The molecule has 0 spiro atoms. The van der Waals surface area contributed by atoms with Gasteiger partial charge in [0.15, 0.2) is 10.4 Å². The van der Waals surface area contributed by atoms with E-state index in [-0.39, 0.29) is 0 Å². The third kappa shape index (κ3) is 2.44. The van der Waals surface area contributed by atoms with Crippen molar-refractivity contribution in [1.82, 2.24) is 14.5 Å². The van der Waals surface area contributed by atoms with Gasteiger partial charge in [0.2, 0.25) is 0 Å². The third-order valence-electron chi connectivity index (χ3n) is 3.24. The molecule has 0 amide bonds. The molecular weight excluding hydrogens is 286 g/mol. The zero-order chi connectivity index (χ0) is 12.5. The monoisotopic (exact) mass is 299 g/mol. The zero-order valence-corrected chi connectivity index (χ0v) is 12.2. The van der Waals surface area contributed by atoms with Gasteiger partial charge in [-0.15, -0.1) is 0 Å². The van der Waals surface area contributed by atoms with Crippen LogP contribution in [0.3, 0.4) is 0 Å². The lowest BCUT2D eigenvalue weighted by Gasteiger charge is -2.21. The van der Waals surface area contributed by atoms with Crippen molar-refractivity contribution in [3.63, 3.8) is 0 Å². The Morgan fingerprint density at radius 1 is 1.56 bits per heavy atom. The first-order valence-electron chi connectivity index (χ1n) is 6.10. The molecule has 96 valence electrons. The van der Waals surface area contributed by atoms with E-state index in [2.05, 4.69) is 14.5 Å². The summed E-state index contributed by atoms with van der Waals surface area (Å²) in [5, 5.41) is 1.29. The van der Waals surface area contributed by atoms with E-state index >= 15 is 0 Å². The van der Waals surface area contributed by atoms with Crippen LogP contribution in [0.1, 0.15) is 19.3 Å². The quantitative estimate of drug-likeness (QED) is 0.850. The van der Waals surface area contributed by atoms with E-state index < -0.39 is 0 Å². The van der Waals surface area contributed by atoms with Gasteiger partial charge >= 0.3 is 0 Å². The van der Waals surface area contributed by atoms with Crippen LogP contribution in [0.15, 0.2) is 12.3 Å². The second-order valence-electron chi connectivity index (χ2n) is 4.55. The Bertz CT molecular complexity index is 613. The number of thioether (sulfide) groups is 1. The standard InChI is InChI=1S/C12H14ClN3S2/c13-8-5-10-11(14-6-8)16(12(17)15-10)7-9-3-1-2-4-18-9/h5-6,9H,1-4,7H2,(H,15,17). The fraction of sp³-hybridized carbons (Fsp3) is 0.500. The van der Waals surface area contributed by atoms with Gasteiger partial charge < -0.3 is 9.55 Å². The van der Waals surface area contributed by atoms with Crippen molar-refractivity contribution in [2.45, 2.75) is 31.1 Å². The maximum absolute atomic E-state index is 5.94. The molecule has 18 heavy (non-hydrogen) atoms. The minimum Gasteiger partial charge on any atom is -0.329 e. The van der Waals surface area contributed by atoms with Gasteiger partial charge in [-0.25, -0.2) is 4.98 Å². The van der Waals surface area contributed by atoms with Crippen LogP contribution in [-0.2, 0) is 6.54 Å². The summed E-state index contributed by atoms with van der Waals surface area (Å²) in [5.74, 6) is 1.26. The Labute approximate surface area is 120 Å². The van der Waals surface area contributed by atoms with Crippen LogP contribution in [0.4, 0.5) is 0 Å². The van der Waals surface area contributed by atoms with Crippen molar-refractivity contribution in [3.05, 3.63) is 22.1 Å². The number of nitrogens with zero attached hydrogens (tertiary/aromatic N) is 2. The maximum atomic E-state index is 5.94. The van der Waals surface area contributed by atoms with E-state index in [1.54, 1.807) is 6.20 Å². The number of aromatic nitrogens is 3. The van der Waals surface area contributed by atoms with Gasteiger partial charge in [-0.1, -0.05) is 18.0 Å². The third-order valence-corrected chi connectivity index (χ3v) is 5.15. The molecule has 3 nitrogen and oxygen atoms in total. The Hall–Kier alpha value is -0.520. The first-order valence-corrected chi connectivity index (χ1v) is 7.93. The molecule has 1 aliphatic heterocycles. The Morgan fingerprint density at radius 3 is 3.22 bits per heavy atom. The molecule has 6 heteroatoms. The van der Waals surface area contributed by atoms with Gasteiger partial charge in [-0.2, -0.15) is 11.8 Å². The minimum atomic E-state index is 0.637. The predicted molar refractivity (Wildman–Crippen MR) is 80.0 cm³/mol. The average molecular weight is 300 g/mol. The van der Waals surface area contributed by atoms with Crippen LogP contribution in [0.2, 0.25) is 5.02 Å². The molecule has 0 saturated carbocycles. The number of H-pyrrole nitrogens is 1. The Kier molecular flexibility index (Phi) is 3.63. The molecule has 0 aliphatic carbocycles. The fourth-order valence-corrected chi connectivity index (χ4v) is 4.06. The Balaban J connectivity index is 1.95. The summed E-state index contributed by atoms with van der Waals surface area (Å²) < 4.78 is 2.84. The van der Waals surface area contributed by atoms with E-state index in [0.717, 1.165) is 22.5 Å². The molecule has 2 aromatic rings. The maximum Gasteiger partial charge on any atom is 0.179 e. The van der Waals surface area contributed by atoms with Gasteiger partial charge in [0, 0.05) is 18.0 Å². The summed E-state index contributed by atoms with van der Waals surface area (Å²) in [4.78, 5) is 7.57. The highest BCUT2D eigenvalue weighted by molar-refractivity contribution is 7.99. The predicted octanol–water partition coefficient (Wildman–Crippen LogP) is 4.03.